The van der Waals surface area contributed by atoms with Crippen LogP contribution in [0, 0.1) is 16.7 Å². The first-order valence-electron chi connectivity index (χ1n) is 6.67. The third-order valence-electron chi connectivity index (χ3n) is 3.68. The molecular formula is C15H18N2O3. The molecule has 5 heteroatoms. The zero-order valence-electron chi connectivity index (χ0n) is 11.2. The molecule has 1 amide bonds. The highest BCUT2D eigenvalue weighted by molar-refractivity contribution is 5.85. The zero-order valence-corrected chi connectivity index (χ0v) is 11.2. The first-order valence-corrected chi connectivity index (χ1v) is 6.67. The van der Waals surface area contributed by atoms with Gasteiger partial charge in [0.05, 0.1) is 18.7 Å². The number of hydrogen-bond donors (Lipinski definition) is 2. The molecule has 0 radical (unpaired) electrons. The number of aliphatic hydroxyl groups is 1. The lowest BCUT2D eigenvalue weighted by Crippen LogP contribution is -2.45. The van der Waals surface area contributed by atoms with Gasteiger partial charge < -0.3 is 15.2 Å². The number of nitrogens with zero attached hydrogens (tertiary/aromatic N) is 1. The van der Waals surface area contributed by atoms with Crippen LogP contribution in [0.4, 0.5) is 0 Å². The Bertz CT molecular complexity index is 490. The van der Waals surface area contributed by atoms with E-state index >= 15 is 0 Å². The Labute approximate surface area is 118 Å². The van der Waals surface area contributed by atoms with Gasteiger partial charge in [0.25, 0.3) is 0 Å². The molecule has 0 aliphatic carbocycles. The van der Waals surface area contributed by atoms with Gasteiger partial charge in [-0.05, 0) is 18.4 Å². The van der Waals surface area contributed by atoms with E-state index in [0.29, 0.717) is 26.1 Å². The van der Waals surface area contributed by atoms with E-state index < -0.39 is 11.5 Å². The standard InChI is InChI=1S/C15H18N2O3/c16-11-15(6-8-20-9-7-15)14(19)17-13(10-18)12-4-2-1-3-5-12/h1-5,13,18H,6-10H2,(H,17,19). The molecule has 1 fully saturated rings. The van der Waals surface area contributed by atoms with E-state index in [9.17, 15) is 15.2 Å². The summed E-state index contributed by atoms with van der Waals surface area (Å²) in [7, 11) is 0. The number of amides is 1. The Morgan fingerprint density at radius 2 is 2.05 bits per heavy atom. The van der Waals surface area contributed by atoms with Crippen molar-refractivity contribution in [1.82, 2.24) is 5.32 Å². The number of aliphatic hydroxyl groups excluding tert-OH is 1. The van der Waals surface area contributed by atoms with E-state index in [2.05, 4.69) is 11.4 Å². The molecule has 1 saturated heterocycles. The van der Waals surface area contributed by atoms with E-state index in [1.54, 1.807) is 0 Å². The molecule has 1 unspecified atom stereocenters. The molecule has 0 saturated carbocycles. The molecule has 1 aliphatic rings. The molecule has 1 aromatic carbocycles. The van der Waals surface area contributed by atoms with Crippen molar-refractivity contribution in [2.45, 2.75) is 18.9 Å². The first-order chi connectivity index (χ1) is 9.72. The van der Waals surface area contributed by atoms with Gasteiger partial charge >= 0.3 is 0 Å². The van der Waals surface area contributed by atoms with Crippen LogP contribution in [0.25, 0.3) is 0 Å². The monoisotopic (exact) mass is 274 g/mol. The normalized spacial score (nSPS) is 18.8. The Balaban J connectivity index is 2.11. The Morgan fingerprint density at radius 1 is 1.40 bits per heavy atom. The van der Waals surface area contributed by atoms with Gasteiger partial charge in [0.1, 0.15) is 5.41 Å². The van der Waals surface area contributed by atoms with Crippen LogP contribution in [0.15, 0.2) is 30.3 Å². The van der Waals surface area contributed by atoms with Crippen molar-refractivity contribution in [3.63, 3.8) is 0 Å². The van der Waals surface area contributed by atoms with E-state index in [-0.39, 0.29) is 12.5 Å². The fourth-order valence-corrected chi connectivity index (χ4v) is 2.33. The van der Waals surface area contributed by atoms with Crippen molar-refractivity contribution in [2.24, 2.45) is 5.41 Å². The van der Waals surface area contributed by atoms with Crippen molar-refractivity contribution in [2.75, 3.05) is 19.8 Å². The smallest absolute Gasteiger partial charge is 0.241 e. The predicted molar refractivity (Wildman–Crippen MR) is 72.5 cm³/mol. The molecule has 5 nitrogen and oxygen atoms in total. The molecule has 20 heavy (non-hydrogen) atoms. The summed E-state index contributed by atoms with van der Waals surface area (Å²) in [5.41, 5.74) is -0.219. The number of nitriles is 1. The van der Waals surface area contributed by atoms with Crippen LogP contribution >= 0.6 is 0 Å². The lowest BCUT2D eigenvalue weighted by atomic mass is 9.80. The maximum Gasteiger partial charge on any atom is 0.241 e. The Kier molecular flexibility index (Phi) is 4.72. The average molecular weight is 274 g/mol. The highest BCUT2D eigenvalue weighted by Crippen LogP contribution is 2.30. The molecule has 1 atom stereocenters. The summed E-state index contributed by atoms with van der Waals surface area (Å²) in [6, 6.07) is 10.9. The third kappa shape index (κ3) is 2.98. The van der Waals surface area contributed by atoms with Crippen LogP contribution in [-0.2, 0) is 9.53 Å². The largest absolute Gasteiger partial charge is 0.394 e. The number of carbonyl (C=O) groups is 1. The predicted octanol–water partition coefficient (Wildman–Crippen LogP) is 1.16. The second-order valence-electron chi connectivity index (χ2n) is 4.93. The number of benzene rings is 1. The molecule has 1 aromatic rings. The van der Waals surface area contributed by atoms with Crippen molar-refractivity contribution >= 4 is 5.91 Å². The van der Waals surface area contributed by atoms with Gasteiger partial charge in [0.2, 0.25) is 5.91 Å². The second kappa shape index (κ2) is 6.51. The minimum atomic E-state index is -1.04. The molecule has 0 aromatic heterocycles. The highest BCUT2D eigenvalue weighted by Gasteiger charge is 2.41. The minimum absolute atomic E-state index is 0.201. The van der Waals surface area contributed by atoms with Crippen LogP contribution in [0.2, 0.25) is 0 Å². The SMILES string of the molecule is N#CC1(C(=O)NC(CO)c2ccccc2)CCOCC1. The lowest BCUT2D eigenvalue weighted by molar-refractivity contribution is -0.133. The summed E-state index contributed by atoms with van der Waals surface area (Å²) >= 11 is 0. The summed E-state index contributed by atoms with van der Waals surface area (Å²) in [5.74, 6) is -0.328. The Hall–Kier alpha value is -1.90. The number of nitrogens with one attached hydrogen (secondary N) is 1. The number of carbonyl (C=O) groups excluding carboxylic acids is 1. The molecule has 2 N–H and O–H groups in total. The van der Waals surface area contributed by atoms with Gasteiger partial charge in [-0.3, -0.25) is 4.79 Å². The van der Waals surface area contributed by atoms with Crippen molar-refractivity contribution in [3.8, 4) is 6.07 Å². The maximum atomic E-state index is 12.4. The van der Waals surface area contributed by atoms with E-state index in [4.69, 9.17) is 4.74 Å². The van der Waals surface area contributed by atoms with Crippen LogP contribution < -0.4 is 5.32 Å². The van der Waals surface area contributed by atoms with E-state index in [1.807, 2.05) is 30.3 Å². The number of ether oxygens (including phenoxy) is 1. The van der Waals surface area contributed by atoms with Crippen LogP contribution in [0.3, 0.4) is 0 Å². The van der Waals surface area contributed by atoms with E-state index in [1.165, 1.54) is 0 Å². The molecular weight excluding hydrogens is 256 g/mol. The summed E-state index contributed by atoms with van der Waals surface area (Å²) in [5, 5.41) is 21.6. The fraction of sp³-hybridized carbons (Fsp3) is 0.467. The van der Waals surface area contributed by atoms with Gasteiger partial charge in [-0.2, -0.15) is 5.26 Å². The number of rotatable bonds is 4. The molecule has 2 rings (SSSR count). The van der Waals surface area contributed by atoms with E-state index in [0.717, 1.165) is 5.56 Å². The summed E-state index contributed by atoms with van der Waals surface area (Å²) in [6.07, 6.45) is 0.782. The zero-order chi connectivity index (χ0) is 14.4. The molecule has 106 valence electrons. The van der Waals surface area contributed by atoms with Gasteiger partial charge in [-0.25, -0.2) is 0 Å². The topological polar surface area (TPSA) is 82.4 Å². The van der Waals surface area contributed by atoms with Gasteiger partial charge in [0.15, 0.2) is 0 Å². The average Bonchev–Trinajstić information content (AvgIpc) is 2.53. The van der Waals surface area contributed by atoms with Gasteiger partial charge in [0, 0.05) is 13.2 Å². The number of hydrogen-bond acceptors (Lipinski definition) is 4. The van der Waals surface area contributed by atoms with Gasteiger partial charge in [-0.1, -0.05) is 30.3 Å². The fourth-order valence-electron chi connectivity index (χ4n) is 2.33. The second-order valence-corrected chi connectivity index (χ2v) is 4.93. The quantitative estimate of drug-likeness (QED) is 0.863. The van der Waals surface area contributed by atoms with Crippen molar-refractivity contribution in [1.29, 1.82) is 5.26 Å². The highest BCUT2D eigenvalue weighted by atomic mass is 16.5. The summed E-state index contributed by atoms with van der Waals surface area (Å²) < 4.78 is 5.21. The molecule has 0 spiro atoms. The first kappa shape index (κ1) is 14.5. The maximum absolute atomic E-state index is 12.4. The summed E-state index contributed by atoms with van der Waals surface area (Å²) in [6.45, 7) is 0.625. The van der Waals surface area contributed by atoms with Crippen LogP contribution in [0.5, 0.6) is 0 Å². The van der Waals surface area contributed by atoms with Gasteiger partial charge in [-0.15, -0.1) is 0 Å². The minimum Gasteiger partial charge on any atom is -0.394 e. The molecule has 0 bridgehead atoms. The van der Waals surface area contributed by atoms with Crippen LogP contribution in [0.1, 0.15) is 24.4 Å². The van der Waals surface area contributed by atoms with Crippen molar-refractivity contribution < 1.29 is 14.6 Å². The molecule has 1 heterocycles. The Morgan fingerprint density at radius 3 is 2.60 bits per heavy atom. The molecule has 1 aliphatic heterocycles. The summed E-state index contributed by atoms with van der Waals surface area (Å²) in [4.78, 5) is 12.4. The lowest BCUT2D eigenvalue weighted by Gasteiger charge is -2.31. The third-order valence-corrected chi connectivity index (χ3v) is 3.68. The van der Waals surface area contributed by atoms with Crippen molar-refractivity contribution in [3.05, 3.63) is 35.9 Å². The van der Waals surface area contributed by atoms with Crippen LogP contribution in [-0.4, -0.2) is 30.8 Å².